The summed E-state index contributed by atoms with van der Waals surface area (Å²) in [5, 5.41) is 5.82. The number of benzene rings is 1. The van der Waals surface area contributed by atoms with Crippen LogP contribution in [0.5, 0.6) is 0 Å². The lowest BCUT2D eigenvalue weighted by Crippen LogP contribution is -2.44. The van der Waals surface area contributed by atoms with Crippen molar-refractivity contribution in [3.05, 3.63) is 70.6 Å². The van der Waals surface area contributed by atoms with Crippen molar-refractivity contribution in [2.45, 2.75) is 46.0 Å². The standard InChI is InChI=1S/C26H31N7O2/c1-16-13-17(2)30-25(29-16)31-20-8-6-7-19(15-20)23(35)33-11-9-26(4,10-12-33)24-28-18(3)14-21(32-24)22(34)27-5/h6-8,13-15H,9-12H2,1-5H3,(H,27,34)(H,29,30,31). The first-order valence-corrected chi connectivity index (χ1v) is 11.7. The summed E-state index contributed by atoms with van der Waals surface area (Å²) in [6.07, 6.45) is 1.42. The molecular weight excluding hydrogens is 442 g/mol. The number of aromatic nitrogens is 4. The maximum Gasteiger partial charge on any atom is 0.269 e. The number of hydrogen-bond acceptors (Lipinski definition) is 7. The number of likely N-dealkylation sites (tertiary alicyclic amines) is 1. The van der Waals surface area contributed by atoms with Crippen molar-refractivity contribution in [2.75, 3.05) is 25.5 Å². The van der Waals surface area contributed by atoms with Crippen LogP contribution in [0, 0.1) is 20.8 Å². The minimum atomic E-state index is -0.310. The van der Waals surface area contributed by atoms with Gasteiger partial charge in [0.05, 0.1) is 0 Å². The van der Waals surface area contributed by atoms with E-state index in [-0.39, 0.29) is 17.2 Å². The SMILES string of the molecule is CNC(=O)c1cc(C)nc(C2(C)CCN(C(=O)c3cccc(Nc4nc(C)cc(C)n4)c3)CC2)n1. The zero-order valence-electron chi connectivity index (χ0n) is 20.8. The van der Waals surface area contributed by atoms with Gasteiger partial charge in [0.1, 0.15) is 11.5 Å². The van der Waals surface area contributed by atoms with Gasteiger partial charge in [-0.05, 0) is 63.9 Å². The van der Waals surface area contributed by atoms with E-state index in [1.165, 1.54) is 0 Å². The molecule has 0 atom stereocenters. The number of amides is 2. The average molecular weight is 474 g/mol. The van der Waals surface area contributed by atoms with Gasteiger partial charge < -0.3 is 15.5 Å². The maximum atomic E-state index is 13.3. The van der Waals surface area contributed by atoms with Crippen LogP contribution >= 0.6 is 0 Å². The molecule has 1 aliphatic rings. The molecule has 182 valence electrons. The molecule has 1 aliphatic heterocycles. The van der Waals surface area contributed by atoms with E-state index in [0.717, 1.165) is 22.8 Å². The molecule has 3 aromatic rings. The topological polar surface area (TPSA) is 113 Å². The normalized spacial score (nSPS) is 14.9. The van der Waals surface area contributed by atoms with E-state index in [1.807, 2.05) is 56.0 Å². The maximum absolute atomic E-state index is 13.3. The summed E-state index contributed by atoms with van der Waals surface area (Å²) in [5.41, 5.74) is 3.94. The van der Waals surface area contributed by atoms with Gasteiger partial charge in [0.25, 0.3) is 11.8 Å². The van der Waals surface area contributed by atoms with Gasteiger partial charge >= 0.3 is 0 Å². The van der Waals surface area contributed by atoms with Crippen molar-refractivity contribution in [2.24, 2.45) is 0 Å². The van der Waals surface area contributed by atoms with Crippen molar-refractivity contribution in [3.8, 4) is 0 Å². The van der Waals surface area contributed by atoms with E-state index in [9.17, 15) is 9.59 Å². The number of carbonyl (C=O) groups is 2. The summed E-state index contributed by atoms with van der Waals surface area (Å²) in [4.78, 5) is 45.2. The van der Waals surface area contributed by atoms with Crippen molar-refractivity contribution in [1.82, 2.24) is 30.2 Å². The smallest absolute Gasteiger partial charge is 0.269 e. The van der Waals surface area contributed by atoms with Crippen molar-refractivity contribution in [3.63, 3.8) is 0 Å². The van der Waals surface area contributed by atoms with Gasteiger partial charge in [0.2, 0.25) is 5.95 Å². The number of piperidine rings is 1. The molecule has 0 bridgehead atoms. The van der Waals surface area contributed by atoms with Gasteiger partial charge in [-0.1, -0.05) is 13.0 Å². The second-order valence-electron chi connectivity index (χ2n) is 9.33. The molecule has 0 unspecified atom stereocenters. The minimum Gasteiger partial charge on any atom is -0.354 e. The lowest BCUT2D eigenvalue weighted by Gasteiger charge is -2.38. The molecule has 4 rings (SSSR count). The Hall–Kier alpha value is -3.88. The van der Waals surface area contributed by atoms with Crippen LogP contribution in [0.2, 0.25) is 0 Å². The van der Waals surface area contributed by atoms with Gasteiger partial charge in [-0.2, -0.15) is 0 Å². The van der Waals surface area contributed by atoms with Crippen molar-refractivity contribution in [1.29, 1.82) is 0 Å². The fraction of sp³-hybridized carbons (Fsp3) is 0.385. The largest absolute Gasteiger partial charge is 0.354 e. The van der Waals surface area contributed by atoms with Crippen LogP contribution < -0.4 is 10.6 Å². The van der Waals surface area contributed by atoms with E-state index in [4.69, 9.17) is 0 Å². The second kappa shape index (κ2) is 9.77. The Morgan fingerprint density at radius 3 is 2.23 bits per heavy atom. The van der Waals surface area contributed by atoms with Crippen molar-refractivity contribution < 1.29 is 9.59 Å². The Morgan fingerprint density at radius 1 is 0.914 bits per heavy atom. The van der Waals surface area contributed by atoms with Gasteiger partial charge in [0.15, 0.2) is 0 Å². The fourth-order valence-electron chi connectivity index (χ4n) is 4.33. The van der Waals surface area contributed by atoms with Crippen LogP contribution in [0.15, 0.2) is 36.4 Å². The molecule has 2 aromatic heterocycles. The van der Waals surface area contributed by atoms with Gasteiger partial charge in [-0.15, -0.1) is 0 Å². The first-order chi connectivity index (χ1) is 16.7. The number of rotatable bonds is 5. The van der Waals surface area contributed by atoms with E-state index in [2.05, 4.69) is 37.5 Å². The molecule has 0 spiro atoms. The van der Waals surface area contributed by atoms with Crippen LogP contribution in [0.4, 0.5) is 11.6 Å². The Balaban J connectivity index is 1.46. The van der Waals surface area contributed by atoms with E-state index >= 15 is 0 Å². The third-order valence-electron chi connectivity index (χ3n) is 6.36. The highest BCUT2D eigenvalue weighted by atomic mass is 16.2. The predicted molar refractivity (Wildman–Crippen MR) is 134 cm³/mol. The molecule has 2 amide bonds. The highest BCUT2D eigenvalue weighted by Gasteiger charge is 2.36. The van der Waals surface area contributed by atoms with Crippen LogP contribution in [-0.4, -0.2) is 56.8 Å². The number of nitrogens with one attached hydrogen (secondary N) is 2. The molecule has 0 radical (unpaired) electrons. The van der Waals surface area contributed by atoms with Crippen molar-refractivity contribution >= 4 is 23.5 Å². The Kier molecular flexibility index (Phi) is 6.77. The van der Waals surface area contributed by atoms with E-state index in [0.29, 0.717) is 49.0 Å². The minimum absolute atomic E-state index is 0.0201. The first kappa shape index (κ1) is 24.3. The highest BCUT2D eigenvalue weighted by molar-refractivity contribution is 5.95. The summed E-state index contributed by atoms with van der Waals surface area (Å²) in [7, 11) is 1.59. The Morgan fingerprint density at radius 2 is 1.57 bits per heavy atom. The summed E-state index contributed by atoms with van der Waals surface area (Å²) in [5.74, 6) is 0.916. The molecule has 1 aromatic carbocycles. The quantitative estimate of drug-likeness (QED) is 0.583. The van der Waals surface area contributed by atoms with Crippen LogP contribution in [-0.2, 0) is 5.41 Å². The summed E-state index contributed by atoms with van der Waals surface area (Å²) < 4.78 is 0. The van der Waals surface area contributed by atoms with Crippen LogP contribution in [0.3, 0.4) is 0 Å². The molecule has 0 aliphatic carbocycles. The predicted octanol–water partition coefficient (Wildman–Crippen LogP) is 3.49. The monoisotopic (exact) mass is 473 g/mol. The van der Waals surface area contributed by atoms with Crippen LogP contribution in [0.25, 0.3) is 0 Å². The number of anilines is 2. The zero-order valence-corrected chi connectivity index (χ0v) is 20.8. The third-order valence-corrected chi connectivity index (χ3v) is 6.36. The highest BCUT2D eigenvalue weighted by Crippen LogP contribution is 2.34. The summed E-state index contributed by atoms with van der Waals surface area (Å²) >= 11 is 0. The lowest BCUT2D eigenvalue weighted by atomic mass is 9.79. The lowest BCUT2D eigenvalue weighted by molar-refractivity contribution is 0.0671. The van der Waals surface area contributed by atoms with E-state index in [1.54, 1.807) is 13.1 Å². The second-order valence-corrected chi connectivity index (χ2v) is 9.33. The number of nitrogens with zero attached hydrogens (tertiary/aromatic N) is 5. The average Bonchev–Trinajstić information content (AvgIpc) is 2.82. The fourth-order valence-corrected chi connectivity index (χ4v) is 4.33. The molecule has 0 saturated carbocycles. The molecular formula is C26H31N7O2. The third kappa shape index (κ3) is 5.45. The summed E-state index contributed by atoms with van der Waals surface area (Å²) in [6.45, 7) is 8.98. The molecule has 35 heavy (non-hydrogen) atoms. The Labute approximate surface area is 205 Å². The van der Waals surface area contributed by atoms with Gasteiger partial charge in [-0.25, -0.2) is 19.9 Å². The number of hydrogen-bond donors (Lipinski definition) is 2. The Bertz CT molecular complexity index is 1250. The number of carbonyl (C=O) groups excluding carboxylic acids is 2. The zero-order chi connectivity index (χ0) is 25.2. The van der Waals surface area contributed by atoms with E-state index < -0.39 is 0 Å². The molecule has 3 heterocycles. The molecule has 9 heteroatoms. The van der Waals surface area contributed by atoms with Crippen LogP contribution in [0.1, 0.15) is 63.5 Å². The molecule has 1 saturated heterocycles. The first-order valence-electron chi connectivity index (χ1n) is 11.7. The van der Waals surface area contributed by atoms with Gasteiger partial charge in [-0.3, -0.25) is 9.59 Å². The summed E-state index contributed by atoms with van der Waals surface area (Å²) in [6, 6.07) is 11.0. The molecule has 2 N–H and O–H groups in total. The molecule has 1 fully saturated rings. The van der Waals surface area contributed by atoms with Gasteiger partial charge in [0, 0.05) is 53.9 Å². The number of aryl methyl sites for hydroxylation is 3. The molecule has 9 nitrogen and oxygen atoms in total.